The molecule has 1 unspecified atom stereocenters. The zero-order valence-electron chi connectivity index (χ0n) is 14.8. The molecule has 0 saturated heterocycles. The van der Waals surface area contributed by atoms with E-state index in [0.717, 1.165) is 37.0 Å². The van der Waals surface area contributed by atoms with E-state index < -0.39 is 0 Å². The van der Waals surface area contributed by atoms with Gasteiger partial charge in [0.1, 0.15) is 0 Å². The average Bonchev–Trinajstić information content (AvgIpc) is 2.89. The number of aryl methyl sites for hydroxylation is 2. The zero-order chi connectivity index (χ0) is 16.4. The molecule has 22 heavy (non-hydrogen) atoms. The molecule has 5 heteroatoms. The highest BCUT2D eigenvalue weighted by atomic mass is 32.1. The lowest BCUT2D eigenvalue weighted by molar-refractivity contribution is 0.488. The first-order chi connectivity index (χ1) is 10.5. The molecule has 1 aromatic rings. The summed E-state index contributed by atoms with van der Waals surface area (Å²) < 4.78 is 0. The molecule has 2 N–H and O–H groups in total. The number of guanidine groups is 1. The van der Waals surface area contributed by atoms with E-state index in [9.17, 15) is 0 Å². The second-order valence-corrected chi connectivity index (χ2v) is 7.30. The van der Waals surface area contributed by atoms with Gasteiger partial charge >= 0.3 is 0 Å². The van der Waals surface area contributed by atoms with E-state index in [-0.39, 0.29) is 0 Å². The third-order valence-corrected chi connectivity index (χ3v) is 4.59. The Morgan fingerprint density at radius 3 is 2.64 bits per heavy atom. The monoisotopic (exact) mass is 324 g/mol. The molecule has 0 spiro atoms. The Hall–Kier alpha value is -1.10. The molecule has 0 radical (unpaired) electrons. The first-order valence-corrected chi connectivity index (χ1v) is 9.27. The normalized spacial score (nSPS) is 13.5. The molecule has 1 atom stereocenters. The maximum atomic E-state index is 4.50. The Labute approximate surface area is 139 Å². The van der Waals surface area contributed by atoms with Crippen LogP contribution in [0.5, 0.6) is 0 Å². The van der Waals surface area contributed by atoms with E-state index in [1.54, 1.807) is 11.3 Å². The molecule has 0 bridgehead atoms. The molecule has 0 aliphatic rings. The van der Waals surface area contributed by atoms with Crippen LogP contribution < -0.4 is 10.6 Å². The van der Waals surface area contributed by atoms with Crippen molar-refractivity contribution in [1.82, 2.24) is 15.6 Å². The molecule has 1 heterocycles. The van der Waals surface area contributed by atoms with E-state index in [4.69, 9.17) is 0 Å². The third kappa shape index (κ3) is 8.37. The topological polar surface area (TPSA) is 49.3 Å². The zero-order valence-corrected chi connectivity index (χ0v) is 15.6. The van der Waals surface area contributed by atoms with Gasteiger partial charge < -0.3 is 10.6 Å². The average molecular weight is 325 g/mol. The van der Waals surface area contributed by atoms with Crippen molar-refractivity contribution in [2.75, 3.05) is 13.6 Å². The number of rotatable bonds is 9. The summed E-state index contributed by atoms with van der Waals surface area (Å²) in [7, 11) is 1.84. The first kappa shape index (κ1) is 18.9. The van der Waals surface area contributed by atoms with Crippen LogP contribution in [0.4, 0.5) is 0 Å². The molecule has 0 aromatic carbocycles. The maximum absolute atomic E-state index is 4.50. The summed E-state index contributed by atoms with van der Waals surface area (Å²) in [6.45, 7) is 9.77. The first-order valence-electron chi connectivity index (χ1n) is 8.39. The van der Waals surface area contributed by atoms with Gasteiger partial charge in [-0.2, -0.15) is 0 Å². The quantitative estimate of drug-likeness (QED) is 0.413. The van der Waals surface area contributed by atoms with Gasteiger partial charge in [0, 0.05) is 30.7 Å². The molecule has 0 amide bonds. The Bertz CT molecular complexity index is 440. The van der Waals surface area contributed by atoms with E-state index >= 15 is 0 Å². The summed E-state index contributed by atoms with van der Waals surface area (Å²) in [6, 6.07) is 0.465. The van der Waals surface area contributed by atoms with Crippen LogP contribution >= 0.6 is 11.3 Å². The largest absolute Gasteiger partial charge is 0.356 e. The van der Waals surface area contributed by atoms with E-state index in [0.29, 0.717) is 6.04 Å². The molecule has 0 fully saturated rings. The summed E-state index contributed by atoms with van der Waals surface area (Å²) in [5, 5.41) is 10.2. The van der Waals surface area contributed by atoms with Crippen LogP contribution in [-0.2, 0) is 6.42 Å². The fourth-order valence-corrected chi connectivity index (χ4v) is 3.03. The standard InChI is InChI=1S/C17H32N4S/c1-13(2)9-10-14(3)21-17(18-5)19-11-7-6-8-16-20-15(4)12-22-16/h12-14H,6-11H2,1-5H3,(H2,18,19,21). The second-order valence-electron chi connectivity index (χ2n) is 6.36. The SMILES string of the molecule is CN=C(NCCCCc1nc(C)cs1)NC(C)CCC(C)C. The minimum atomic E-state index is 0.465. The third-order valence-electron chi connectivity index (χ3n) is 3.56. The summed E-state index contributed by atoms with van der Waals surface area (Å²) in [5.41, 5.74) is 1.14. The van der Waals surface area contributed by atoms with Crippen LogP contribution in [0.15, 0.2) is 10.4 Å². The van der Waals surface area contributed by atoms with Gasteiger partial charge in [0.05, 0.1) is 5.01 Å². The van der Waals surface area contributed by atoms with Gasteiger partial charge in [-0.3, -0.25) is 4.99 Å². The van der Waals surface area contributed by atoms with Crippen LogP contribution in [0.3, 0.4) is 0 Å². The molecule has 4 nitrogen and oxygen atoms in total. The van der Waals surface area contributed by atoms with Crippen LogP contribution in [0.2, 0.25) is 0 Å². The lowest BCUT2D eigenvalue weighted by Gasteiger charge is -2.18. The highest BCUT2D eigenvalue weighted by Crippen LogP contribution is 2.11. The predicted molar refractivity (Wildman–Crippen MR) is 97.8 cm³/mol. The number of nitrogens with one attached hydrogen (secondary N) is 2. The van der Waals surface area contributed by atoms with Crippen molar-refractivity contribution in [2.45, 2.75) is 65.8 Å². The van der Waals surface area contributed by atoms with Crippen LogP contribution in [-0.4, -0.2) is 30.6 Å². The van der Waals surface area contributed by atoms with Gasteiger partial charge in [0.15, 0.2) is 5.96 Å². The van der Waals surface area contributed by atoms with E-state index in [2.05, 4.69) is 53.7 Å². The minimum Gasteiger partial charge on any atom is -0.356 e. The lowest BCUT2D eigenvalue weighted by Crippen LogP contribution is -2.42. The van der Waals surface area contributed by atoms with Crippen molar-refractivity contribution in [2.24, 2.45) is 10.9 Å². The summed E-state index contributed by atoms with van der Waals surface area (Å²) in [5.74, 6) is 1.68. The minimum absolute atomic E-state index is 0.465. The van der Waals surface area contributed by atoms with Gasteiger partial charge in [0.2, 0.25) is 0 Å². The van der Waals surface area contributed by atoms with E-state index in [1.165, 1.54) is 24.3 Å². The van der Waals surface area contributed by atoms with Crippen LogP contribution in [0.1, 0.15) is 57.2 Å². The number of aromatic nitrogens is 1. The van der Waals surface area contributed by atoms with Crippen molar-refractivity contribution in [3.8, 4) is 0 Å². The second kappa shape index (κ2) is 10.6. The predicted octanol–water partition coefficient (Wildman–Crippen LogP) is 3.76. The Kier molecular flexibility index (Phi) is 9.13. The summed E-state index contributed by atoms with van der Waals surface area (Å²) >= 11 is 1.77. The maximum Gasteiger partial charge on any atom is 0.191 e. The lowest BCUT2D eigenvalue weighted by atomic mass is 10.0. The van der Waals surface area contributed by atoms with Gasteiger partial charge in [-0.05, 0) is 51.9 Å². The molecule has 1 aromatic heterocycles. The Balaban J connectivity index is 2.13. The fraction of sp³-hybridized carbons (Fsp3) is 0.765. The summed E-state index contributed by atoms with van der Waals surface area (Å²) in [6.07, 6.45) is 5.82. The van der Waals surface area contributed by atoms with Crippen molar-refractivity contribution in [3.63, 3.8) is 0 Å². The van der Waals surface area contributed by atoms with Crippen molar-refractivity contribution >= 4 is 17.3 Å². The van der Waals surface area contributed by atoms with Crippen LogP contribution in [0, 0.1) is 12.8 Å². The Morgan fingerprint density at radius 1 is 1.27 bits per heavy atom. The fourth-order valence-electron chi connectivity index (χ4n) is 2.21. The number of thiazole rings is 1. The molecule has 0 aliphatic heterocycles. The highest BCUT2D eigenvalue weighted by molar-refractivity contribution is 7.09. The Morgan fingerprint density at radius 2 is 2.05 bits per heavy atom. The summed E-state index contributed by atoms with van der Waals surface area (Å²) in [4.78, 5) is 8.79. The van der Waals surface area contributed by atoms with E-state index in [1.807, 2.05) is 7.05 Å². The molecule has 0 saturated carbocycles. The molecular weight excluding hydrogens is 292 g/mol. The van der Waals surface area contributed by atoms with Gasteiger partial charge in [-0.25, -0.2) is 4.98 Å². The van der Waals surface area contributed by atoms with Crippen molar-refractivity contribution < 1.29 is 0 Å². The molecular formula is C17H32N4S. The number of hydrogen-bond donors (Lipinski definition) is 2. The van der Waals surface area contributed by atoms with Crippen LogP contribution in [0.25, 0.3) is 0 Å². The number of unbranched alkanes of at least 4 members (excludes halogenated alkanes) is 1. The number of nitrogens with zero attached hydrogens (tertiary/aromatic N) is 2. The molecule has 126 valence electrons. The van der Waals surface area contributed by atoms with Gasteiger partial charge in [-0.15, -0.1) is 11.3 Å². The number of hydrogen-bond acceptors (Lipinski definition) is 3. The smallest absolute Gasteiger partial charge is 0.191 e. The van der Waals surface area contributed by atoms with Gasteiger partial charge in [0.25, 0.3) is 0 Å². The molecule has 1 rings (SSSR count). The number of aliphatic imine (C=N–C) groups is 1. The van der Waals surface area contributed by atoms with Crippen molar-refractivity contribution in [3.05, 3.63) is 16.1 Å². The molecule has 0 aliphatic carbocycles. The van der Waals surface area contributed by atoms with Crippen molar-refractivity contribution in [1.29, 1.82) is 0 Å². The highest BCUT2D eigenvalue weighted by Gasteiger charge is 2.06. The van der Waals surface area contributed by atoms with Gasteiger partial charge in [-0.1, -0.05) is 13.8 Å².